The molecule has 21 heavy (non-hydrogen) atoms. The highest BCUT2D eigenvalue weighted by molar-refractivity contribution is 5.87. The van der Waals surface area contributed by atoms with Crippen molar-refractivity contribution in [1.29, 1.82) is 0 Å². The average molecular weight is 296 g/mol. The molecule has 2 heterocycles. The lowest BCUT2D eigenvalue weighted by Gasteiger charge is -2.40. The fourth-order valence-corrected chi connectivity index (χ4v) is 3.80. The lowest BCUT2D eigenvalue weighted by Crippen LogP contribution is -2.55. The number of rotatable bonds is 4. The Morgan fingerprint density at radius 3 is 2.38 bits per heavy atom. The van der Waals surface area contributed by atoms with Gasteiger partial charge in [0.05, 0.1) is 6.04 Å². The Labute approximate surface area is 127 Å². The van der Waals surface area contributed by atoms with Gasteiger partial charge in [-0.05, 0) is 44.1 Å². The number of carboxylic acid groups (broad SMARTS) is 1. The molecule has 3 atom stereocenters. The zero-order valence-electron chi connectivity index (χ0n) is 13.4. The minimum absolute atomic E-state index is 0.0176. The predicted octanol–water partition coefficient (Wildman–Crippen LogP) is 1.82. The minimum atomic E-state index is -0.865. The summed E-state index contributed by atoms with van der Waals surface area (Å²) in [6.07, 6.45) is 3.73. The number of aliphatic carboxylic acids is 1. The van der Waals surface area contributed by atoms with Crippen LogP contribution < -0.4 is 0 Å². The van der Waals surface area contributed by atoms with Gasteiger partial charge in [0.15, 0.2) is 0 Å². The first-order valence-corrected chi connectivity index (χ1v) is 8.19. The third kappa shape index (κ3) is 3.57. The van der Waals surface area contributed by atoms with Crippen molar-refractivity contribution in [2.24, 2.45) is 11.8 Å². The Balaban J connectivity index is 2.13. The molecule has 3 unspecified atom stereocenters. The van der Waals surface area contributed by atoms with E-state index in [2.05, 4.69) is 25.7 Å². The molecule has 2 fully saturated rings. The highest BCUT2D eigenvalue weighted by Gasteiger charge is 2.40. The van der Waals surface area contributed by atoms with Crippen LogP contribution in [-0.2, 0) is 9.59 Å². The van der Waals surface area contributed by atoms with E-state index in [1.165, 1.54) is 6.42 Å². The molecule has 0 bridgehead atoms. The first kappa shape index (κ1) is 16.3. The second-order valence-corrected chi connectivity index (χ2v) is 6.96. The van der Waals surface area contributed by atoms with E-state index in [4.69, 9.17) is 0 Å². The summed E-state index contributed by atoms with van der Waals surface area (Å²) in [6, 6.07) is -0.798. The van der Waals surface area contributed by atoms with Crippen LogP contribution in [0.1, 0.15) is 46.5 Å². The van der Waals surface area contributed by atoms with E-state index in [-0.39, 0.29) is 17.9 Å². The van der Waals surface area contributed by atoms with Crippen molar-refractivity contribution in [3.8, 4) is 0 Å². The predicted molar refractivity (Wildman–Crippen MR) is 81.0 cm³/mol. The van der Waals surface area contributed by atoms with Crippen molar-refractivity contribution in [2.45, 2.75) is 58.5 Å². The zero-order valence-corrected chi connectivity index (χ0v) is 13.4. The molecule has 0 spiro atoms. The van der Waals surface area contributed by atoms with Gasteiger partial charge in [-0.1, -0.05) is 20.8 Å². The van der Waals surface area contributed by atoms with Crippen molar-refractivity contribution in [3.05, 3.63) is 0 Å². The minimum Gasteiger partial charge on any atom is -0.480 e. The highest BCUT2D eigenvalue weighted by atomic mass is 16.4. The standard InChI is InChI=1S/C16H28N2O3/c1-11(2)14(17-8-4-6-12(3)10-17)15(19)18-9-5-7-13(18)16(20)21/h11-14H,4-10H2,1-3H3,(H,20,21). The molecule has 2 saturated heterocycles. The van der Waals surface area contributed by atoms with Crippen molar-refractivity contribution in [1.82, 2.24) is 9.80 Å². The monoisotopic (exact) mass is 296 g/mol. The number of carbonyl (C=O) groups is 2. The Kier molecular flexibility index (Phi) is 5.25. The molecule has 2 aliphatic rings. The molecular weight excluding hydrogens is 268 g/mol. The fourth-order valence-electron chi connectivity index (χ4n) is 3.80. The van der Waals surface area contributed by atoms with Crippen LogP contribution in [0.2, 0.25) is 0 Å². The van der Waals surface area contributed by atoms with E-state index in [0.717, 1.165) is 25.9 Å². The number of piperidine rings is 1. The maximum absolute atomic E-state index is 12.9. The number of carbonyl (C=O) groups excluding carboxylic acids is 1. The Morgan fingerprint density at radius 1 is 1.14 bits per heavy atom. The lowest BCUT2D eigenvalue weighted by atomic mass is 9.94. The number of carboxylic acids is 1. The van der Waals surface area contributed by atoms with E-state index >= 15 is 0 Å². The van der Waals surface area contributed by atoms with Gasteiger partial charge in [-0.15, -0.1) is 0 Å². The molecule has 2 rings (SSSR count). The molecule has 0 aliphatic carbocycles. The SMILES string of the molecule is CC1CCCN(C(C(=O)N2CCCC2C(=O)O)C(C)C)C1. The maximum atomic E-state index is 12.9. The van der Waals surface area contributed by atoms with Gasteiger partial charge < -0.3 is 10.0 Å². The van der Waals surface area contributed by atoms with E-state index < -0.39 is 12.0 Å². The normalized spacial score (nSPS) is 28.9. The van der Waals surface area contributed by atoms with E-state index in [9.17, 15) is 14.7 Å². The number of hydrogen-bond acceptors (Lipinski definition) is 3. The summed E-state index contributed by atoms with van der Waals surface area (Å²) in [5.41, 5.74) is 0. The first-order chi connectivity index (χ1) is 9.91. The van der Waals surface area contributed by atoms with Crippen LogP contribution in [0.25, 0.3) is 0 Å². The lowest BCUT2D eigenvalue weighted by molar-refractivity contribution is -0.151. The average Bonchev–Trinajstić information content (AvgIpc) is 2.87. The van der Waals surface area contributed by atoms with Crippen LogP contribution in [0.4, 0.5) is 0 Å². The van der Waals surface area contributed by atoms with Gasteiger partial charge in [0.1, 0.15) is 6.04 Å². The summed E-state index contributed by atoms with van der Waals surface area (Å²) in [5, 5.41) is 9.30. The van der Waals surface area contributed by atoms with Crippen molar-refractivity contribution >= 4 is 11.9 Å². The summed E-state index contributed by atoms with van der Waals surface area (Å²) in [4.78, 5) is 28.1. The highest BCUT2D eigenvalue weighted by Crippen LogP contribution is 2.26. The van der Waals surface area contributed by atoms with E-state index in [1.807, 2.05) is 0 Å². The third-order valence-corrected chi connectivity index (χ3v) is 4.79. The molecule has 1 amide bonds. The van der Waals surface area contributed by atoms with E-state index in [0.29, 0.717) is 18.9 Å². The number of amides is 1. The second kappa shape index (κ2) is 6.77. The molecule has 0 saturated carbocycles. The van der Waals surface area contributed by atoms with Crippen LogP contribution in [0.3, 0.4) is 0 Å². The number of nitrogens with zero attached hydrogens (tertiary/aromatic N) is 2. The number of likely N-dealkylation sites (tertiary alicyclic amines) is 2. The van der Waals surface area contributed by atoms with E-state index in [1.54, 1.807) is 4.90 Å². The van der Waals surface area contributed by atoms with Crippen molar-refractivity contribution in [2.75, 3.05) is 19.6 Å². The molecule has 0 aromatic heterocycles. The molecule has 0 radical (unpaired) electrons. The van der Waals surface area contributed by atoms with Gasteiger partial charge >= 0.3 is 5.97 Å². The quantitative estimate of drug-likeness (QED) is 0.859. The Bertz CT molecular complexity index is 397. The molecule has 5 heteroatoms. The fraction of sp³-hybridized carbons (Fsp3) is 0.875. The van der Waals surface area contributed by atoms with Crippen molar-refractivity contribution in [3.63, 3.8) is 0 Å². The largest absolute Gasteiger partial charge is 0.480 e. The molecule has 120 valence electrons. The smallest absolute Gasteiger partial charge is 0.326 e. The van der Waals surface area contributed by atoms with Crippen LogP contribution in [0.5, 0.6) is 0 Å². The summed E-state index contributed by atoms with van der Waals surface area (Å²) in [6.45, 7) is 8.83. The molecule has 5 nitrogen and oxygen atoms in total. The topological polar surface area (TPSA) is 60.9 Å². The molecular formula is C16H28N2O3. The third-order valence-electron chi connectivity index (χ3n) is 4.79. The van der Waals surface area contributed by atoms with Crippen LogP contribution in [-0.4, -0.2) is 58.5 Å². The molecule has 2 aliphatic heterocycles. The summed E-state index contributed by atoms with van der Waals surface area (Å²) in [7, 11) is 0. The summed E-state index contributed by atoms with van der Waals surface area (Å²) in [5.74, 6) is -0.0288. The Hall–Kier alpha value is -1.10. The Morgan fingerprint density at radius 2 is 1.81 bits per heavy atom. The maximum Gasteiger partial charge on any atom is 0.326 e. The number of hydrogen-bond donors (Lipinski definition) is 1. The first-order valence-electron chi connectivity index (χ1n) is 8.19. The van der Waals surface area contributed by atoms with Crippen LogP contribution >= 0.6 is 0 Å². The van der Waals surface area contributed by atoms with Crippen molar-refractivity contribution < 1.29 is 14.7 Å². The summed E-state index contributed by atoms with van der Waals surface area (Å²) >= 11 is 0. The molecule has 0 aromatic rings. The van der Waals surface area contributed by atoms with Gasteiger partial charge in [0, 0.05) is 13.1 Å². The van der Waals surface area contributed by atoms with Gasteiger partial charge in [-0.3, -0.25) is 9.69 Å². The van der Waals surface area contributed by atoms with Crippen LogP contribution in [0.15, 0.2) is 0 Å². The second-order valence-electron chi connectivity index (χ2n) is 6.96. The van der Waals surface area contributed by atoms with Gasteiger partial charge in [0.2, 0.25) is 5.91 Å². The van der Waals surface area contributed by atoms with Gasteiger partial charge in [-0.2, -0.15) is 0 Å². The molecule has 1 N–H and O–H groups in total. The molecule has 0 aromatic carbocycles. The van der Waals surface area contributed by atoms with Crippen LogP contribution in [0, 0.1) is 11.8 Å². The zero-order chi connectivity index (χ0) is 15.6. The van der Waals surface area contributed by atoms with Gasteiger partial charge in [0.25, 0.3) is 0 Å². The summed E-state index contributed by atoms with van der Waals surface area (Å²) < 4.78 is 0. The van der Waals surface area contributed by atoms with Gasteiger partial charge in [-0.25, -0.2) is 4.79 Å².